The molecular weight excluding hydrogens is 352 g/mol. The lowest BCUT2D eigenvalue weighted by Crippen LogP contribution is -2.02. The standard InChI is InChI=1S/C18H15ClN6O/c1-26-15-6-12-9-20-8-11(12)5-14(15)24-16-7-17(23-10-22-16)25-18-13(19)3-2-4-21-18/h2-8,10H,9H2,1H3,(H2,21,22,23,24,25). The van der Waals surface area contributed by atoms with Gasteiger partial charge in [0.05, 0.1) is 24.4 Å². The Morgan fingerprint density at radius 1 is 1.08 bits per heavy atom. The molecule has 0 fully saturated rings. The first-order valence-corrected chi connectivity index (χ1v) is 8.28. The van der Waals surface area contributed by atoms with Crippen LogP contribution in [0.25, 0.3) is 0 Å². The molecule has 0 bridgehead atoms. The van der Waals surface area contributed by atoms with Crippen LogP contribution in [0.1, 0.15) is 11.1 Å². The molecule has 8 heteroatoms. The van der Waals surface area contributed by atoms with Crippen LogP contribution in [0.5, 0.6) is 5.75 Å². The molecule has 4 rings (SSSR count). The molecule has 0 spiro atoms. The number of pyridine rings is 1. The van der Waals surface area contributed by atoms with E-state index >= 15 is 0 Å². The number of ether oxygens (including phenoxy) is 1. The highest BCUT2D eigenvalue weighted by atomic mass is 35.5. The SMILES string of the molecule is COc1cc2c(cc1Nc1cc(Nc3ncccc3Cl)ncn1)C=NC2. The van der Waals surface area contributed by atoms with Crippen LogP contribution in [0.3, 0.4) is 0 Å². The third kappa shape index (κ3) is 3.29. The summed E-state index contributed by atoms with van der Waals surface area (Å²) in [6.45, 7) is 0.679. The zero-order valence-corrected chi connectivity index (χ0v) is 14.7. The summed E-state index contributed by atoms with van der Waals surface area (Å²) in [7, 11) is 1.64. The highest BCUT2D eigenvalue weighted by molar-refractivity contribution is 6.33. The summed E-state index contributed by atoms with van der Waals surface area (Å²) in [5.41, 5.74) is 3.02. The van der Waals surface area contributed by atoms with Gasteiger partial charge < -0.3 is 15.4 Å². The molecule has 1 aliphatic rings. The number of aliphatic imine (C=N–C) groups is 1. The minimum atomic E-state index is 0.514. The predicted octanol–water partition coefficient (Wildman–Crippen LogP) is 3.95. The van der Waals surface area contributed by atoms with Crippen LogP contribution in [-0.2, 0) is 6.54 Å². The third-order valence-electron chi connectivity index (χ3n) is 3.89. The number of methoxy groups -OCH3 is 1. The van der Waals surface area contributed by atoms with Crippen molar-refractivity contribution in [3.05, 3.63) is 59.0 Å². The van der Waals surface area contributed by atoms with E-state index in [-0.39, 0.29) is 0 Å². The number of fused-ring (bicyclic) bond motifs is 1. The first kappa shape index (κ1) is 16.3. The van der Waals surface area contributed by atoms with Crippen LogP contribution in [0, 0.1) is 0 Å². The molecule has 2 aromatic heterocycles. The maximum absolute atomic E-state index is 6.12. The third-order valence-corrected chi connectivity index (χ3v) is 4.19. The van der Waals surface area contributed by atoms with E-state index in [1.165, 1.54) is 6.33 Å². The van der Waals surface area contributed by atoms with E-state index in [0.29, 0.717) is 29.0 Å². The fraction of sp³-hybridized carbons (Fsp3) is 0.111. The summed E-state index contributed by atoms with van der Waals surface area (Å²) in [5.74, 6) is 2.45. The Morgan fingerprint density at radius 2 is 1.92 bits per heavy atom. The van der Waals surface area contributed by atoms with Crippen molar-refractivity contribution in [1.82, 2.24) is 15.0 Å². The molecule has 3 aromatic rings. The molecule has 0 amide bonds. The summed E-state index contributed by atoms with van der Waals surface area (Å²) in [6.07, 6.45) is 4.98. The van der Waals surface area contributed by atoms with Gasteiger partial charge in [-0.3, -0.25) is 4.99 Å². The summed E-state index contributed by atoms with van der Waals surface area (Å²) in [6, 6.07) is 9.28. The van der Waals surface area contributed by atoms with Gasteiger partial charge in [0.25, 0.3) is 0 Å². The van der Waals surface area contributed by atoms with E-state index in [1.54, 1.807) is 31.5 Å². The molecule has 0 radical (unpaired) electrons. The van der Waals surface area contributed by atoms with Crippen LogP contribution in [0.4, 0.5) is 23.1 Å². The average Bonchev–Trinajstić information content (AvgIpc) is 3.10. The highest BCUT2D eigenvalue weighted by Crippen LogP contribution is 2.32. The predicted molar refractivity (Wildman–Crippen MR) is 102 cm³/mol. The van der Waals surface area contributed by atoms with Gasteiger partial charge in [0.15, 0.2) is 0 Å². The molecule has 3 heterocycles. The molecule has 1 aliphatic heterocycles. The molecule has 0 saturated heterocycles. The van der Waals surface area contributed by atoms with Gasteiger partial charge >= 0.3 is 0 Å². The van der Waals surface area contributed by atoms with Crippen LogP contribution in [-0.4, -0.2) is 28.3 Å². The van der Waals surface area contributed by atoms with Crippen molar-refractivity contribution in [3.63, 3.8) is 0 Å². The molecule has 0 atom stereocenters. The highest BCUT2D eigenvalue weighted by Gasteiger charge is 2.13. The molecule has 0 saturated carbocycles. The Morgan fingerprint density at radius 3 is 2.73 bits per heavy atom. The number of hydrogen-bond donors (Lipinski definition) is 2. The Hall–Kier alpha value is -3.19. The number of benzene rings is 1. The second-order valence-corrected chi connectivity index (χ2v) is 6.00. The van der Waals surface area contributed by atoms with Gasteiger partial charge in [0.2, 0.25) is 0 Å². The summed E-state index contributed by atoms with van der Waals surface area (Å²) < 4.78 is 5.48. The number of halogens is 1. The minimum Gasteiger partial charge on any atom is -0.495 e. The van der Waals surface area contributed by atoms with Crippen molar-refractivity contribution in [2.45, 2.75) is 6.54 Å². The van der Waals surface area contributed by atoms with Gasteiger partial charge in [-0.2, -0.15) is 0 Å². The number of hydrogen-bond acceptors (Lipinski definition) is 7. The smallest absolute Gasteiger partial charge is 0.150 e. The van der Waals surface area contributed by atoms with Gasteiger partial charge in [-0.05, 0) is 35.4 Å². The first-order valence-electron chi connectivity index (χ1n) is 7.90. The van der Waals surface area contributed by atoms with E-state index in [4.69, 9.17) is 16.3 Å². The Bertz CT molecular complexity index is 991. The monoisotopic (exact) mass is 366 g/mol. The molecule has 2 N–H and O–H groups in total. The summed E-state index contributed by atoms with van der Waals surface area (Å²) >= 11 is 6.12. The fourth-order valence-electron chi connectivity index (χ4n) is 2.64. The average molecular weight is 367 g/mol. The lowest BCUT2D eigenvalue weighted by molar-refractivity contribution is 0.416. The molecule has 130 valence electrons. The van der Waals surface area contributed by atoms with Crippen molar-refractivity contribution >= 4 is 41.0 Å². The summed E-state index contributed by atoms with van der Waals surface area (Å²) in [4.78, 5) is 16.9. The van der Waals surface area contributed by atoms with Crippen LogP contribution >= 0.6 is 11.6 Å². The van der Waals surface area contributed by atoms with E-state index in [0.717, 1.165) is 22.6 Å². The Labute approximate surface area is 155 Å². The first-order chi connectivity index (χ1) is 12.7. The van der Waals surface area contributed by atoms with Crippen molar-refractivity contribution < 1.29 is 4.74 Å². The molecule has 7 nitrogen and oxygen atoms in total. The Kier molecular flexibility index (Phi) is 4.37. The number of aromatic nitrogens is 3. The van der Waals surface area contributed by atoms with Crippen molar-refractivity contribution in [3.8, 4) is 5.75 Å². The topological polar surface area (TPSA) is 84.3 Å². The van der Waals surface area contributed by atoms with Crippen LogP contribution in [0.2, 0.25) is 5.02 Å². The molecular formula is C18H15ClN6O. The number of nitrogens with one attached hydrogen (secondary N) is 2. The summed E-state index contributed by atoms with van der Waals surface area (Å²) in [5, 5.41) is 6.86. The second kappa shape index (κ2) is 6.97. The zero-order chi connectivity index (χ0) is 17.9. The minimum absolute atomic E-state index is 0.514. The van der Waals surface area contributed by atoms with Gasteiger partial charge in [0.1, 0.15) is 29.5 Å². The fourth-order valence-corrected chi connectivity index (χ4v) is 2.80. The van der Waals surface area contributed by atoms with E-state index < -0.39 is 0 Å². The van der Waals surface area contributed by atoms with Gasteiger partial charge in [-0.25, -0.2) is 15.0 Å². The Balaban J connectivity index is 1.60. The largest absolute Gasteiger partial charge is 0.495 e. The second-order valence-electron chi connectivity index (χ2n) is 5.59. The van der Waals surface area contributed by atoms with E-state index in [2.05, 4.69) is 30.6 Å². The molecule has 1 aromatic carbocycles. The van der Waals surface area contributed by atoms with E-state index in [1.807, 2.05) is 18.3 Å². The van der Waals surface area contributed by atoms with Gasteiger partial charge in [-0.15, -0.1) is 0 Å². The lowest BCUT2D eigenvalue weighted by atomic mass is 10.1. The molecule has 26 heavy (non-hydrogen) atoms. The van der Waals surface area contributed by atoms with Crippen molar-refractivity contribution in [2.24, 2.45) is 4.99 Å². The maximum Gasteiger partial charge on any atom is 0.150 e. The zero-order valence-electron chi connectivity index (χ0n) is 13.9. The van der Waals surface area contributed by atoms with Crippen LogP contribution < -0.4 is 15.4 Å². The molecule has 0 aliphatic carbocycles. The van der Waals surface area contributed by atoms with Gasteiger partial charge in [-0.1, -0.05) is 11.6 Å². The van der Waals surface area contributed by atoms with Crippen LogP contribution in [0.15, 0.2) is 47.8 Å². The number of rotatable bonds is 5. The van der Waals surface area contributed by atoms with E-state index in [9.17, 15) is 0 Å². The lowest BCUT2D eigenvalue weighted by Gasteiger charge is -2.13. The number of anilines is 4. The van der Waals surface area contributed by atoms with Gasteiger partial charge in [0, 0.05) is 18.5 Å². The van der Waals surface area contributed by atoms with Crippen molar-refractivity contribution in [2.75, 3.05) is 17.7 Å². The quantitative estimate of drug-likeness (QED) is 0.711. The maximum atomic E-state index is 6.12. The number of nitrogens with zero attached hydrogens (tertiary/aromatic N) is 4. The van der Waals surface area contributed by atoms with Crippen molar-refractivity contribution in [1.29, 1.82) is 0 Å². The molecule has 0 unspecified atom stereocenters. The normalized spacial score (nSPS) is 11.9.